The number of phenols is 1. The molecule has 3 rings (SSSR count). The average molecular weight is 605 g/mol. The second-order valence-electron chi connectivity index (χ2n) is 7.43. The van der Waals surface area contributed by atoms with E-state index in [-0.39, 0.29) is 5.75 Å². The van der Waals surface area contributed by atoms with Crippen molar-refractivity contribution in [1.29, 1.82) is 0 Å². The molecule has 0 saturated carbocycles. The zero-order valence-electron chi connectivity index (χ0n) is 18.4. The van der Waals surface area contributed by atoms with Gasteiger partial charge in [0.05, 0.1) is 4.47 Å². The first-order chi connectivity index (χ1) is 16.8. The average Bonchev–Trinajstić information content (AvgIpc) is 2.83. The Morgan fingerprint density at radius 2 is 1.66 bits per heavy atom. The number of carbonyl (C=O) groups excluding carboxylic acids is 1. The van der Waals surface area contributed by atoms with E-state index in [2.05, 4.69) is 37.2 Å². The molecule has 9 heteroatoms. The van der Waals surface area contributed by atoms with E-state index in [1.54, 1.807) is 48.5 Å². The second-order valence-corrected chi connectivity index (χ2v) is 9.20. The van der Waals surface area contributed by atoms with Crippen molar-refractivity contribution in [2.75, 3.05) is 5.32 Å². The SMILES string of the molecule is O=C(O)/C=C/CC[C@@H](Oc1ccccc1)[C@H](OC(=O)Nc1ccccc1)c1cc(Br)cc(Br)c1O. The number of hydrogen-bond donors (Lipinski definition) is 3. The summed E-state index contributed by atoms with van der Waals surface area (Å²) in [4.78, 5) is 23.8. The van der Waals surface area contributed by atoms with Gasteiger partial charge in [-0.15, -0.1) is 0 Å². The van der Waals surface area contributed by atoms with Crippen LogP contribution in [0.3, 0.4) is 0 Å². The van der Waals surface area contributed by atoms with Gasteiger partial charge >= 0.3 is 12.1 Å². The van der Waals surface area contributed by atoms with Crippen molar-refractivity contribution in [3.8, 4) is 11.5 Å². The number of allylic oxidation sites excluding steroid dienone is 1. The van der Waals surface area contributed by atoms with Gasteiger partial charge in [-0.1, -0.05) is 58.4 Å². The summed E-state index contributed by atoms with van der Waals surface area (Å²) in [6, 6.07) is 21.1. The van der Waals surface area contributed by atoms with E-state index in [9.17, 15) is 14.7 Å². The van der Waals surface area contributed by atoms with Gasteiger partial charge in [-0.3, -0.25) is 5.32 Å². The van der Waals surface area contributed by atoms with Crippen molar-refractivity contribution in [2.45, 2.75) is 25.0 Å². The molecule has 0 spiro atoms. The van der Waals surface area contributed by atoms with Crippen molar-refractivity contribution < 1.29 is 29.3 Å². The minimum absolute atomic E-state index is 0.103. The summed E-state index contributed by atoms with van der Waals surface area (Å²) >= 11 is 6.74. The van der Waals surface area contributed by atoms with Gasteiger partial charge in [0, 0.05) is 21.8 Å². The molecule has 0 aliphatic rings. The largest absolute Gasteiger partial charge is 0.506 e. The van der Waals surface area contributed by atoms with Crippen LogP contribution in [0.4, 0.5) is 10.5 Å². The monoisotopic (exact) mass is 603 g/mol. The summed E-state index contributed by atoms with van der Waals surface area (Å²) in [7, 11) is 0. The molecule has 2 atom stereocenters. The number of anilines is 1. The van der Waals surface area contributed by atoms with E-state index in [1.165, 1.54) is 6.08 Å². The lowest BCUT2D eigenvalue weighted by Gasteiger charge is -2.29. The van der Waals surface area contributed by atoms with E-state index in [0.717, 1.165) is 6.08 Å². The Morgan fingerprint density at radius 1 is 1.00 bits per heavy atom. The highest BCUT2D eigenvalue weighted by Crippen LogP contribution is 2.40. The Labute approximate surface area is 219 Å². The van der Waals surface area contributed by atoms with Gasteiger partial charge in [0.2, 0.25) is 0 Å². The number of hydrogen-bond acceptors (Lipinski definition) is 5. The number of aliphatic carboxylic acids is 1. The Bertz CT molecular complexity index is 1170. The summed E-state index contributed by atoms with van der Waals surface area (Å²) in [5.41, 5.74) is 0.860. The van der Waals surface area contributed by atoms with E-state index in [4.69, 9.17) is 14.6 Å². The second kappa shape index (κ2) is 13.0. The van der Waals surface area contributed by atoms with Gasteiger partial charge in [-0.2, -0.15) is 0 Å². The third-order valence-corrected chi connectivity index (χ3v) is 5.93. The number of phenolic OH excluding ortho intramolecular Hbond substituents is 1. The number of aromatic hydroxyl groups is 1. The fraction of sp³-hybridized carbons (Fsp3) is 0.154. The molecule has 0 saturated heterocycles. The van der Waals surface area contributed by atoms with Crippen LogP contribution >= 0.6 is 31.9 Å². The van der Waals surface area contributed by atoms with Crippen molar-refractivity contribution in [2.24, 2.45) is 0 Å². The van der Waals surface area contributed by atoms with Crippen LogP contribution in [0.15, 0.2) is 93.9 Å². The minimum Gasteiger partial charge on any atom is -0.506 e. The number of para-hydroxylation sites is 2. The number of amides is 1. The zero-order chi connectivity index (χ0) is 25.2. The number of carboxylic acid groups (broad SMARTS) is 1. The first kappa shape index (κ1) is 26.3. The molecule has 7 nitrogen and oxygen atoms in total. The van der Waals surface area contributed by atoms with Gasteiger partial charge in [0.25, 0.3) is 0 Å². The molecule has 0 fully saturated rings. The lowest BCUT2D eigenvalue weighted by atomic mass is 9.99. The molecule has 3 aromatic carbocycles. The molecular weight excluding hydrogens is 582 g/mol. The molecule has 0 aliphatic carbocycles. The summed E-state index contributed by atoms with van der Waals surface area (Å²) in [6.45, 7) is 0. The number of halogens is 2. The van der Waals surface area contributed by atoms with E-state index < -0.39 is 24.3 Å². The molecule has 35 heavy (non-hydrogen) atoms. The van der Waals surface area contributed by atoms with Crippen LogP contribution in [-0.4, -0.2) is 28.4 Å². The maximum atomic E-state index is 12.9. The maximum absolute atomic E-state index is 12.9. The maximum Gasteiger partial charge on any atom is 0.412 e. The van der Waals surface area contributed by atoms with E-state index in [0.29, 0.717) is 38.8 Å². The normalized spacial score (nSPS) is 12.6. The van der Waals surface area contributed by atoms with Crippen LogP contribution in [0.2, 0.25) is 0 Å². The molecule has 0 bridgehead atoms. The predicted molar refractivity (Wildman–Crippen MR) is 140 cm³/mol. The van der Waals surface area contributed by atoms with E-state index in [1.807, 2.05) is 24.3 Å². The number of carboxylic acids is 1. The van der Waals surface area contributed by atoms with Gasteiger partial charge in [0.1, 0.15) is 17.6 Å². The molecule has 0 aliphatic heterocycles. The highest BCUT2D eigenvalue weighted by Gasteiger charge is 2.32. The molecule has 0 heterocycles. The van der Waals surface area contributed by atoms with Gasteiger partial charge in [-0.05, 0) is 65.2 Å². The highest BCUT2D eigenvalue weighted by atomic mass is 79.9. The summed E-state index contributed by atoms with van der Waals surface area (Å²) in [6.07, 6.45) is 0.646. The van der Waals surface area contributed by atoms with Crippen LogP contribution in [-0.2, 0) is 9.53 Å². The van der Waals surface area contributed by atoms with Crippen molar-refractivity contribution in [1.82, 2.24) is 0 Å². The summed E-state index contributed by atoms with van der Waals surface area (Å²) in [5.74, 6) is -0.632. The van der Waals surface area contributed by atoms with Gasteiger partial charge in [-0.25, -0.2) is 9.59 Å². The number of rotatable bonds is 10. The standard InChI is InChI=1S/C26H23Br2NO6/c27-17-15-20(24(32)21(28)16-17)25(35-26(33)29-18-9-3-1-4-10-18)22(13-7-8-14-23(30)31)34-19-11-5-2-6-12-19/h1-6,8-12,14-16,22,25,32H,7,13H2,(H,29,33)(H,30,31)/b14-8+/t22-,25-/m1/s1. The van der Waals surface area contributed by atoms with Crippen molar-refractivity contribution in [3.05, 3.63) is 99.5 Å². The summed E-state index contributed by atoms with van der Waals surface area (Å²) < 4.78 is 13.1. The lowest BCUT2D eigenvalue weighted by Crippen LogP contribution is -2.31. The zero-order valence-corrected chi connectivity index (χ0v) is 21.6. The van der Waals surface area contributed by atoms with Crippen LogP contribution in [0.25, 0.3) is 0 Å². The Morgan fingerprint density at radius 3 is 2.31 bits per heavy atom. The number of benzene rings is 3. The van der Waals surface area contributed by atoms with Crippen molar-refractivity contribution in [3.63, 3.8) is 0 Å². The quantitative estimate of drug-likeness (QED) is 0.214. The predicted octanol–water partition coefficient (Wildman–Crippen LogP) is 7.08. The van der Waals surface area contributed by atoms with Crippen LogP contribution in [0, 0.1) is 0 Å². The Balaban J connectivity index is 1.97. The molecule has 0 aromatic heterocycles. The molecule has 0 radical (unpaired) electrons. The number of ether oxygens (including phenoxy) is 2. The number of nitrogens with one attached hydrogen (secondary N) is 1. The van der Waals surface area contributed by atoms with Gasteiger partial charge < -0.3 is 19.7 Å². The molecule has 182 valence electrons. The Hall–Kier alpha value is -3.30. The summed E-state index contributed by atoms with van der Waals surface area (Å²) in [5, 5.41) is 22.4. The van der Waals surface area contributed by atoms with E-state index >= 15 is 0 Å². The van der Waals surface area contributed by atoms with Crippen LogP contribution < -0.4 is 10.1 Å². The molecule has 0 unspecified atom stereocenters. The third kappa shape index (κ3) is 8.15. The molecule has 3 aromatic rings. The fourth-order valence-electron chi connectivity index (χ4n) is 3.32. The van der Waals surface area contributed by atoms with Gasteiger partial charge in [0.15, 0.2) is 6.10 Å². The molecular formula is C26H23Br2NO6. The smallest absolute Gasteiger partial charge is 0.412 e. The third-order valence-electron chi connectivity index (χ3n) is 4.86. The van der Waals surface area contributed by atoms with Crippen LogP contribution in [0.1, 0.15) is 24.5 Å². The lowest BCUT2D eigenvalue weighted by molar-refractivity contribution is -0.131. The highest BCUT2D eigenvalue weighted by molar-refractivity contribution is 9.11. The molecule has 3 N–H and O–H groups in total. The van der Waals surface area contributed by atoms with Crippen LogP contribution in [0.5, 0.6) is 11.5 Å². The fourth-order valence-corrected chi connectivity index (χ4v) is 4.58. The first-order valence-corrected chi connectivity index (χ1v) is 12.2. The minimum atomic E-state index is -1.06. The topological polar surface area (TPSA) is 105 Å². The number of carbonyl (C=O) groups is 2. The Kier molecular flexibility index (Phi) is 9.75. The first-order valence-electron chi connectivity index (χ1n) is 10.6. The molecule has 1 amide bonds. The van der Waals surface area contributed by atoms with Crippen molar-refractivity contribution >= 4 is 49.6 Å².